The van der Waals surface area contributed by atoms with Gasteiger partial charge in [-0.1, -0.05) is 34.6 Å². The van der Waals surface area contributed by atoms with E-state index in [9.17, 15) is 0 Å². The van der Waals surface area contributed by atoms with E-state index in [1.54, 1.807) is 7.11 Å². The number of nitrogen functional groups attached to an aromatic ring is 1. The summed E-state index contributed by atoms with van der Waals surface area (Å²) in [5.41, 5.74) is 8.72. The van der Waals surface area contributed by atoms with Crippen LogP contribution in [0.15, 0.2) is 18.2 Å². The Bertz CT molecular complexity index is 623. The summed E-state index contributed by atoms with van der Waals surface area (Å²) in [7, 11) is 1.75. The molecule has 2 aromatic rings. The molecule has 1 heterocycles. The highest BCUT2D eigenvalue weighted by Gasteiger charge is 2.28. The summed E-state index contributed by atoms with van der Waals surface area (Å²) >= 11 is 0. The minimum atomic E-state index is -0.0331. The zero-order chi connectivity index (χ0) is 15.8. The second-order valence-corrected chi connectivity index (χ2v) is 7.07. The van der Waals surface area contributed by atoms with E-state index in [4.69, 9.17) is 15.5 Å². The molecule has 0 fully saturated rings. The molecule has 0 aliphatic rings. The third-order valence-corrected chi connectivity index (χ3v) is 3.82. The number of ether oxygens (including phenoxy) is 1. The van der Waals surface area contributed by atoms with Crippen molar-refractivity contribution in [2.75, 3.05) is 19.5 Å². The number of nitrogens with two attached hydrogens (primary N) is 1. The Balaban J connectivity index is 2.73. The fourth-order valence-electron chi connectivity index (χ4n) is 2.72. The number of benzene rings is 1. The molecule has 116 valence electrons. The first-order chi connectivity index (χ1) is 9.75. The van der Waals surface area contributed by atoms with Gasteiger partial charge in [0, 0.05) is 18.2 Å². The van der Waals surface area contributed by atoms with Crippen LogP contribution in [0.25, 0.3) is 11.0 Å². The van der Waals surface area contributed by atoms with Crippen LogP contribution in [0.3, 0.4) is 0 Å². The largest absolute Gasteiger partial charge is 0.399 e. The molecule has 0 saturated carbocycles. The molecule has 0 spiro atoms. The van der Waals surface area contributed by atoms with Crippen molar-refractivity contribution in [3.8, 4) is 0 Å². The number of fused-ring (bicyclic) bond motifs is 1. The van der Waals surface area contributed by atoms with Crippen LogP contribution in [-0.4, -0.2) is 23.3 Å². The molecule has 0 amide bonds. The van der Waals surface area contributed by atoms with Gasteiger partial charge >= 0.3 is 0 Å². The number of rotatable bonds is 4. The number of imidazole rings is 1. The van der Waals surface area contributed by atoms with Crippen LogP contribution >= 0.6 is 0 Å². The first-order valence-electron chi connectivity index (χ1n) is 7.52. The maximum absolute atomic E-state index is 5.91. The molecule has 0 aliphatic carbocycles. The molecule has 0 saturated heterocycles. The smallest absolute Gasteiger partial charge is 0.115 e. The van der Waals surface area contributed by atoms with E-state index in [0.29, 0.717) is 12.5 Å². The van der Waals surface area contributed by atoms with Crippen LogP contribution in [-0.2, 0) is 10.2 Å². The fraction of sp³-hybridized carbons (Fsp3) is 0.588. The standard InChI is InChI=1S/C17H27N3O/c1-11(2)15(10-21-6)20-14-8-7-12(18)9-13(14)19-16(20)17(3,4)5/h7-9,11,15H,10,18H2,1-6H3. The maximum Gasteiger partial charge on any atom is 0.115 e. The van der Waals surface area contributed by atoms with Crippen LogP contribution in [0.5, 0.6) is 0 Å². The predicted molar refractivity (Wildman–Crippen MR) is 88.6 cm³/mol. The van der Waals surface area contributed by atoms with E-state index in [0.717, 1.165) is 22.5 Å². The summed E-state index contributed by atoms with van der Waals surface area (Å²) in [5.74, 6) is 1.54. The molecule has 1 aromatic heterocycles. The van der Waals surface area contributed by atoms with E-state index < -0.39 is 0 Å². The van der Waals surface area contributed by atoms with Crippen LogP contribution in [0.4, 0.5) is 5.69 Å². The zero-order valence-electron chi connectivity index (χ0n) is 14.0. The zero-order valence-corrected chi connectivity index (χ0v) is 14.0. The van der Waals surface area contributed by atoms with E-state index in [1.165, 1.54) is 0 Å². The first-order valence-corrected chi connectivity index (χ1v) is 7.52. The van der Waals surface area contributed by atoms with Crippen LogP contribution in [0.2, 0.25) is 0 Å². The average Bonchev–Trinajstić information content (AvgIpc) is 2.73. The Hall–Kier alpha value is -1.55. The number of hydrogen-bond acceptors (Lipinski definition) is 3. The summed E-state index contributed by atoms with van der Waals surface area (Å²) in [6, 6.07) is 6.22. The van der Waals surface area contributed by atoms with Gasteiger partial charge in [-0.2, -0.15) is 0 Å². The lowest BCUT2D eigenvalue weighted by atomic mass is 9.94. The van der Waals surface area contributed by atoms with Gasteiger partial charge in [0.2, 0.25) is 0 Å². The highest BCUT2D eigenvalue weighted by Crippen LogP contribution is 2.33. The summed E-state index contributed by atoms with van der Waals surface area (Å²) in [6.07, 6.45) is 0. The molecule has 0 aliphatic heterocycles. The Morgan fingerprint density at radius 3 is 2.48 bits per heavy atom. The van der Waals surface area contributed by atoms with E-state index >= 15 is 0 Å². The van der Waals surface area contributed by atoms with Gasteiger partial charge in [-0.05, 0) is 24.1 Å². The van der Waals surface area contributed by atoms with Crippen LogP contribution in [0, 0.1) is 5.92 Å². The van der Waals surface area contributed by atoms with Crippen LogP contribution < -0.4 is 5.73 Å². The third-order valence-electron chi connectivity index (χ3n) is 3.82. The number of nitrogens with zero attached hydrogens (tertiary/aromatic N) is 2. The monoisotopic (exact) mass is 289 g/mol. The van der Waals surface area contributed by atoms with Crippen LogP contribution in [0.1, 0.15) is 46.5 Å². The molecular formula is C17H27N3O. The van der Waals surface area contributed by atoms with Crippen molar-refractivity contribution in [1.29, 1.82) is 0 Å². The van der Waals surface area contributed by atoms with Crippen molar-refractivity contribution in [2.24, 2.45) is 5.92 Å². The SMILES string of the molecule is COCC(C(C)C)n1c(C(C)(C)C)nc2cc(N)ccc21. The first kappa shape index (κ1) is 15.8. The number of anilines is 1. The van der Waals surface area contributed by atoms with Crippen molar-refractivity contribution in [3.05, 3.63) is 24.0 Å². The van der Waals surface area contributed by atoms with Gasteiger partial charge in [-0.15, -0.1) is 0 Å². The molecular weight excluding hydrogens is 262 g/mol. The lowest BCUT2D eigenvalue weighted by Crippen LogP contribution is -2.27. The molecule has 1 aromatic carbocycles. The molecule has 2 N–H and O–H groups in total. The van der Waals surface area contributed by atoms with Crippen molar-refractivity contribution < 1.29 is 4.74 Å². The lowest BCUT2D eigenvalue weighted by Gasteiger charge is -2.29. The van der Waals surface area contributed by atoms with Gasteiger partial charge in [0.05, 0.1) is 23.7 Å². The number of aromatic nitrogens is 2. The van der Waals surface area contributed by atoms with Gasteiger partial charge in [0.25, 0.3) is 0 Å². The lowest BCUT2D eigenvalue weighted by molar-refractivity contribution is 0.132. The number of methoxy groups -OCH3 is 1. The predicted octanol–water partition coefficient (Wildman–Crippen LogP) is 3.76. The second-order valence-electron chi connectivity index (χ2n) is 7.07. The molecule has 4 nitrogen and oxygen atoms in total. The molecule has 4 heteroatoms. The van der Waals surface area contributed by atoms with Crippen molar-refractivity contribution in [1.82, 2.24) is 9.55 Å². The third kappa shape index (κ3) is 3.05. The van der Waals surface area contributed by atoms with E-state index in [2.05, 4.69) is 45.3 Å². The van der Waals surface area contributed by atoms with Gasteiger partial charge < -0.3 is 15.0 Å². The Kier molecular flexibility index (Phi) is 4.28. The Morgan fingerprint density at radius 2 is 1.95 bits per heavy atom. The minimum absolute atomic E-state index is 0.0331. The van der Waals surface area contributed by atoms with Gasteiger partial charge in [0.15, 0.2) is 0 Å². The summed E-state index contributed by atoms with van der Waals surface area (Å²) < 4.78 is 7.79. The maximum atomic E-state index is 5.91. The molecule has 0 bridgehead atoms. The normalized spacial score (nSPS) is 14.0. The molecule has 2 rings (SSSR count). The summed E-state index contributed by atoms with van der Waals surface area (Å²) in [5, 5.41) is 0. The Labute approximate surface area is 127 Å². The fourth-order valence-corrected chi connectivity index (χ4v) is 2.72. The van der Waals surface area contributed by atoms with Crippen molar-refractivity contribution in [2.45, 2.75) is 46.1 Å². The quantitative estimate of drug-likeness (QED) is 0.872. The molecule has 0 radical (unpaired) electrons. The van der Waals surface area contributed by atoms with Crippen molar-refractivity contribution in [3.63, 3.8) is 0 Å². The molecule has 21 heavy (non-hydrogen) atoms. The Morgan fingerprint density at radius 1 is 1.29 bits per heavy atom. The summed E-state index contributed by atoms with van der Waals surface area (Å²) in [6.45, 7) is 11.7. The topological polar surface area (TPSA) is 53.1 Å². The highest BCUT2D eigenvalue weighted by atomic mass is 16.5. The van der Waals surface area contributed by atoms with E-state index in [-0.39, 0.29) is 11.5 Å². The minimum Gasteiger partial charge on any atom is -0.399 e. The molecule has 1 atom stereocenters. The number of hydrogen-bond donors (Lipinski definition) is 1. The molecule has 1 unspecified atom stereocenters. The summed E-state index contributed by atoms with van der Waals surface area (Å²) in [4.78, 5) is 4.86. The highest BCUT2D eigenvalue weighted by molar-refractivity contribution is 5.80. The van der Waals surface area contributed by atoms with E-state index in [1.807, 2.05) is 12.1 Å². The van der Waals surface area contributed by atoms with Gasteiger partial charge in [0.1, 0.15) is 5.82 Å². The van der Waals surface area contributed by atoms with Gasteiger partial charge in [-0.3, -0.25) is 0 Å². The van der Waals surface area contributed by atoms with Gasteiger partial charge in [-0.25, -0.2) is 4.98 Å². The average molecular weight is 289 g/mol. The van der Waals surface area contributed by atoms with Crippen molar-refractivity contribution >= 4 is 16.7 Å². The second kappa shape index (κ2) is 5.68.